The second kappa shape index (κ2) is 9950. The SMILES string of the molecule is C#N.C#N.C#N.C#N.C#N.C#N.[Co].[Fe].[H-].[Mn].[Na+]. The maximum Gasteiger partial charge on any atom is 1.00 e. The maximum atomic E-state index is 6.50. The van der Waals surface area contributed by atoms with E-state index < -0.39 is 0 Å². The third-order valence-corrected chi connectivity index (χ3v) is 0. The maximum absolute atomic E-state index is 6.50. The van der Waals surface area contributed by atoms with Crippen molar-refractivity contribution in [2.45, 2.75) is 0 Å². The van der Waals surface area contributed by atoms with Gasteiger partial charge in [-0.2, -0.15) is 0 Å². The Labute approximate surface area is 151 Å². The molecule has 0 saturated carbocycles. The molecule has 0 aromatic heterocycles. The number of hydrogen-bond donors (Lipinski definition) is 0. The molecule has 10 heteroatoms. The molecule has 0 spiro atoms. The Hall–Kier alpha value is -0.515. The van der Waals surface area contributed by atoms with Gasteiger partial charge in [-0.05, 0) is 0 Å². The smallest absolute Gasteiger partial charge is 1.00 e. The summed E-state index contributed by atoms with van der Waals surface area (Å²) in [5, 5.41) is 39.0. The first-order chi connectivity index (χ1) is 6.00. The van der Waals surface area contributed by atoms with Gasteiger partial charge in [0, 0.05) is 90.3 Å². The minimum atomic E-state index is 0. The van der Waals surface area contributed by atoms with Gasteiger partial charge in [-0.25, -0.2) is 31.6 Å². The molecule has 0 rings (SSSR count). The van der Waals surface area contributed by atoms with Gasteiger partial charge in [0.15, 0.2) is 0 Å². The van der Waals surface area contributed by atoms with Crippen LogP contribution in [0.4, 0.5) is 0 Å². The van der Waals surface area contributed by atoms with E-state index in [1.54, 1.807) is 0 Å². The zero-order chi connectivity index (χ0) is 12.0. The summed E-state index contributed by atoms with van der Waals surface area (Å²) < 4.78 is 0. The number of rotatable bonds is 0. The van der Waals surface area contributed by atoms with E-state index in [1.165, 1.54) is 0 Å². The van der Waals surface area contributed by atoms with E-state index in [9.17, 15) is 0 Å². The van der Waals surface area contributed by atoms with Crippen molar-refractivity contribution in [2.75, 3.05) is 0 Å². The minimum Gasteiger partial charge on any atom is -1.00 e. The summed E-state index contributed by atoms with van der Waals surface area (Å²) in [6.45, 7) is 21.0. The van der Waals surface area contributed by atoms with Crippen LogP contribution in [0.1, 0.15) is 1.43 Å². The normalized spacial score (nSPS) is 0.750. The van der Waals surface area contributed by atoms with Gasteiger partial charge in [0.1, 0.15) is 0 Å². The molecular weight excluding hydrogens is 349 g/mol. The first-order valence-corrected chi connectivity index (χ1v) is 1.55. The predicted molar refractivity (Wildman–Crippen MR) is 41.1 cm³/mol. The van der Waals surface area contributed by atoms with Crippen LogP contribution in [0.25, 0.3) is 0 Å². The third-order valence-electron chi connectivity index (χ3n) is 0. The molecule has 0 aliphatic rings. The van der Waals surface area contributed by atoms with E-state index in [-0.39, 0.29) is 81.9 Å². The second-order valence-corrected chi connectivity index (χ2v) is 0. The van der Waals surface area contributed by atoms with E-state index in [1.807, 2.05) is 0 Å². The molecule has 0 N–H and O–H groups in total. The van der Waals surface area contributed by atoms with Crippen LogP contribution in [-0.2, 0) is 50.9 Å². The molecule has 0 aromatic carbocycles. The molecule has 0 aromatic rings. The average molecular weight is 356 g/mol. The Bertz CT molecular complexity index is 114. The summed E-state index contributed by atoms with van der Waals surface area (Å²) in [6, 6.07) is 0. The molecule has 0 heterocycles. The van der Waals surface area contributed by atoms with Crippen molar-refractivity contribution in [3.05, 3.63) is 0 Å². The van der Waals surface area contributed by atoms with Gasteiger partial charge in [-0.1, -0.05) is 0 Å². The van der Waals surface area contributed by atoms with Crippen LogP contribution in [0.3, 0.4) is 0 Å². The molecule has 16 heavy (non-hydrogen) atoms. The van der Waals surface area contributed by atoms with Gasteiger partial charge in [-0.15, -0.1) is 0 Å². The Morgan fingerprint density at radius 3 is 0.500 bits per heavy atom. The van der Waals surface area contributed by atoms with Crippen LogP contribution < -0.4 is 29.6 Å². The molecule has 0 unspecified atom stereocenters. The van der Waals surface area contributed by atoms with Crippen molar-refractivity contribution in [3.63, 3.8) is 0 Å². The standard InChI is InChI=1S/6CHN.Co.Fe.Mn.Na.H/c6*1-2;;;;;/h6*1H;;;;;/q;;;;;;;;;+1;-1. The summed E-state index contributed by atoms with van der Waals surface area (Å²) in [4.78, 5) is 0. The Morgan fingerprint density at radius 1 is 0.500 bits per heavy atom. The zero-order valence-corrected chi connectivity index (χ0v) is 13.5. The van der Waals surface area contributed by atoms with Gasteiger partial charge in [0.25, 0.3) is 0 Å². The van der Waals surface area contributed by atoms with Crippen LogP contribution in [0, 0.1) is 71.0 Å². The molecule has 2 radical (unpaired) electrons. The van der Waals surface area contributed by atoms with Crippen molar-refractivity contribution in [2.24, 2.45) is 0 Å². The van der Waals surface area contributed by atoms with Crippen LogP contribution in [-0.4, -0.2) is 0 Å². The molecule has 0 bridgehead atoms. The predicted octanol–water partition coefficient (Wildman–Crippen LogP) is -2.05. The van der Waals surface area contributed by atoms with Gasteiger partial charge in [-0.3, -0.25) is 0 Å². The largest absolute Gasteiger partial charge is 1.00 e. The fourth-order valence-electron chi connectivity index (χ4n) is 0. The van der Waals surface area contributed by atoms with Crippen LogP contribution in [0.2, 0.25) is 0 Å². The molecule has 0 saturated heterocycles. The van der Waals surface area contributed by atoms with E-state index in [0.717, 1.165) is 0 Å². The quantitative estimate of drug-likeness (QED) is 0.457. The third kappa shape index (κ3) is 7940. The van der Waals surface area contributed by atoms with Crippen molar-refractivity contribution >= 4 is 0 Å². The van der Waals surface area contributed by atoms with Gasteiger partial charge >= 0.3 is 29.6 Å². The van der Waals surface area contributed by atoms with Gasteiger partial charge in [0.05, 0.1) is 0 Å². The molecule has 86 valence electrons. The first-order valence-electron chi connectivity index (χ1n) is 1.55. The number of nitriles is 6. The second-order valence-electron chi connectivity index (χ2n) is 0. The minimum absolute atomic E-state index is 0. The van der Waals surface area contributed by atoms with Crippen LogP contribution >= 0.6 is 0 Å². The van der Waals surface area contributed by atoms with Crippen molar-refractivity contribution in [1.82, 2.24) is 0 Å². The molecular formula is C6H7CoFeMnN6Na. The van der Waals surface area contributed by atoms with E-state index in [2.05, 4.69) is 39.4 Å². The van der Waals surface area contributed by atoms with Crippen molar-refractivity contribution in [3.8, 4) is 39.4 Å². The molecule has 0 aliphatic carbocycles. The van der Waals surface area contributed by atoms with Gasteiger partial charge < -0.3 is 1.43 Å². The Morgan fingerprint density at radius 2 is 0.500 bits per heavy atom. The van der Waals surface area contributed by atoms with E-state index in [4.69, 9.17) is 31.6 Å². The van der Waals surface area contributed by atoms with E-state index in [0.29, 0.717) is 0 Å². The molecule has 0 atom stereocenters. The van der Waals surface area contributed by atoms with E-state index >= 15 is 0 Å². The number of hydrogen-bond acceptors (Lipinski definition) is 6. The Balaban J connectivity index is -0.00000000267. The van der Waals surface area contributed by atoms with Crippen molar-refractivity contribution in [1.29, 1.82) is 31.6 Å². The topological polar surface area (TPSA) is 143 Å². The molecule has 0 fully saturated rings. The summed E-state index contributed by atoms with van der Waals surface area (Å²) in [7, 11) is 0. The van der Waals surface area contributed by atoms with Crippen LogP contribution in [0.15, 0.2) is 0 Å². The first kappa shape index (κ1) is 108. The zero-order valence-electron chi connectivity index (χ0n) is 9.21. The fraction of sp³-hybridized carbons (Fsp3) is 0. The summed E-state index contributed by atoms with van der Waals surface area (Å²) in [5.41, 5.74) is 0. The molecule has 0 amide bonds. The Kier molecular flexibility index (Phi) is 67200. The molecule has 6 nitrogen and oxygen atoms in total. The average Bonchev–Trinajstić information content (AvgIpc) is 2.33. The molecule has 0 aliphatic heterocycles. The summed E-state index contributed by atoms with van der Waals surface area (Å²) in [5.74, 6) is 0. The van der Waals surface area contributed by atoms with Crippen LogP contribution in [0.5, 0.6) is 0 Å². The summed E-state index contributed by atoms with van der Waals surface area (Å²) in [6.07, 6.45) is 0. The number of nitrogens with zero attached hydrogens (tertiary/aromatic N) is 6. The monoisotopic (exact) mass is 356 g/mol. The summed E-state index contributed by atoms with van der Waals surface area (Å²) >= 11 is 0. The fourth-order valence-corrected chi connectivity index (χ4v) is 0. The van der Waals surface area contributed by atoms with Gasteiger partial charge in [0.2, 0.25) is 0 Å². The van der Waals surface area contributed by atoms with Crippen molar-refractivity contribution < 1.29 is 81.9 Å².